The van der Waals surface area contributed by atoms with Gasteiger partial charge in [-0.25, -0.2) is 0 Å². The summed E-state index contributed by atoms with van der Waals surface area (Å²) in [6.07, 6.45) is 6.40. The van der Waals surface area contributed by atoms with Gasteiger partial charge in [0.05, 0.1) is 0 Å². The van der Waals surface area contributed by atoms with Crippen LogP contribution < -0.4 is 0 Å². The number of Topliss-reactive ketones (excluding diaryl/α,β-unsaturated/α-hetero) is 1. The standard InChI is InChI=1S/C10H16O/c1-8-6-4-5-7-10(8,3)9(2)11/h4,6,8H,5,7H2,1-3H3/t8-,10+/m0/s1. The van der Waals surface area contributed by atoms with Crippen LogP contribution >= 0.6 is 0 Å². The second-order valence-electron chi connectivity index (χ2n) is 3.73. The second kappa shape index (κ2) is 2.80. The molecule has 0 saturated carbocycles. The van der Waals surface area contributed by atoms with Gasteiger partial charge in [0.15, 0.2) is 0 Å². The van der Waals surface area contributed by atoms with Gasteiger partial charge in [-0.2, -0.15) is 0 Å². The molecule has 0 saturated heterocycles. The van der Waals surface area contributed by atoms with Crippen molar-refractivity contribution >= 4 is 5.78 Å². The highest BCUT2D eigenvalue weighted by Gasteiger charge is 2.35. The molecule has 11 heavy (non-hydrogen) atoms. The van der Waals surface area contributed by atoms with Crippen LogP contribution in [-0.4, -0.2) is 5.78 Å². The lowest BCUT2D eigenvalue weighted by Crippen LogP contribution is -2.33. The predicted molar refractivity (Wildman–Crippen MR) is 46.3 cm³/mol. The number of carbonyl (C=O) groups excluding carboxylic acids is 1. The van der Waals surface area contributed by atoms with E-state index in [-0.39, 0.29) is 5.41 Å². The largest absolute Gasteiger partial charge is 0.299 e. The van der Waals surface area contributed by atoms with Crippen LogP contribution in [0, 0.1) is 11.3 Å². The monoisotopic (exact) mass is 152 g/mol. The van der Waals surface area contributed by atoms with Crippen LogP contribution in [0.4, 0.5) is 0 Å². The van der Waals surface area contributed by atoms with Gasteiger partial charge in [-0.15, -0.1) is 0 Å². The first-order chi connectivity index (χ1) is 5.07. The maximum atomic E-state index is 11.3. The summed E-state index contributed by atoms with van der Waals surface area (Å²) in [5, 5.41) is 0. The number of rotatable bonds is 1. The number of carbonyl (C=O) groups is 1. The molecule has 0 radical (unpaired) electrons. The Bertz CT molecular complexity index is 193. The average Bonchev–Trinajstić information content (AvgIpc) is 1.95. The molecule has 0 aromatic heterocycles. The normalized spacial score (nSPS) is 37.2. The van der Waals surface area contributed by atoms with E-state index in [4.69, 9.17) is 0 Å². The zero-order valence-electron chi connectivity index (χ0n) is 7.55. The lowest BCUT2D eigenvalue weighted by Gasteiger charge is -2.33. The minimum absolute atomic E-state index is 0.0885. The van der Waals surface area contributed by atoms with Gasteiger partial charge in [-0.1, -0.05) is 26.0 Å². The molecule has 0 unspecified atom stereocenters. The van der Waals surface area contributed by atoms with Gasteiger partial charge in [0, 0.05) is 5.41 Å². The topological polar surface area (TPSA) is 17.1 Å². The summed E-state index contributed by atoms with van der Waals surface area (Å²) in [6, 6.07) is 0. The first-order valence-electron chi connectivity index (χ1n) is 4.25. The molecule has 0 aromatic rings. The van der Waals surface area contributed by atoms with Crippen molar-refractivity contribution in [3.8, 4) is 0 Å². The molecule has 1 nitrogen and oxygen atoms in total. The smallest absolute Gasteiger partial charge is 0.136 e. The SMILES string of the molecule is CC(=O)[C@]1(C)CCC=C[C@@H]1C. The Kier molecular flexibility index (Phi) is 2.17. The lowest BCUT2D eigenvalue weighted by molar-refractivity contribution is -0.128. The molecular weight excluding hydrogens is 136 g/mol. The van der Waals surface area contributed by atoms with E-state index >= 15 is 0 Å². The highest BCUT2D eigenvalue weighted by molar-refractivity contribution is 5.82. The summed E-state index contributed by atoms with van der Waals surface area (Å²) in [7, 11) is 0. The Labute approximate surface area is 68.5 Å². The van der Waals surface area contributed by atoms with Crippen molar-refractivity contribution in [2.45, 2.75) is 33.6 Å². The maximum absolute atomic E-state index is 11.3. The van der Waals surface area contributed by atoms with Gasteiger partial charge in [0.1, 0.15) is 5.78 Å². The van der Waals surface area contributed by atoms with Crippen molar-refractivity contribution in [1.82, 2.24) is 0 Å². The fraction of sp³-hybridized carbons (Fsp3) is 0.700. The van der Waals surface area contributed by atoms with Crippen LogP contribution in [0.25, 0.3) is 0 Å². The summed E-state index contributed by atoms with van der Waals surface area (Å²) >= 11 is 0. The Hall–Kier alpha value is -0.590. The second-order valence-corrected chi connectivity index (χ2v) is 3.73. The molecule has 1 rings (SSSR count). The van der Waals surface area contributed by atoms with E-state index in [0.717, 1.165) is 12.8 Å². The fourth-order valence-electron chi connectivity index (χ4n) is 1.62. The van der Waals surface area contributed by atoms with Crippen LogP contribution in [0.5, 0.6) is 0 Å². The van der Waals surface area contributed by atoms with Crippen molar-refractivity contribution < 1.29 is 4.79 Å². The molecule has 2 atom stereocenters. The van der Waals surface area contributed by atoms with Crippen LogP contribution in [-0.2, 0) is 4.79 Å². The molecular formula is C10H16O. The van der Waals surface area contributed by atoms with Gasteiger partial charge in [0.25, 0.3) is 0 Å². The van der Waals surface area contributed by atoms with Gasteiger partial charge in [0.2, 0.25) is 0 Å². The van der Waals surface area contributed by atoms with Crippen LogP contribution in [0.2, 0.25) is 0 Å². The van der Waals surface area contributed by atoms with E-state index in [9.17, 15) is 4.79 Å². The molecule has 0 N–H and O–H groups in total. The summed E-state index contributed by atoms with van der Waals surface area (Å²) in [5.41, 5.74) is -0.0885. The third kappa shape index (κ3) is 1.37. The van der Waals surface area contributed by atoms with Crippen molar-refractivity contribution in [3.63, 3.8) is 0 Å². The molecule has 0 amide bonds. The first kappa shape index (κ1) is 8.51. The quantitative estimate of drug-likeness (QED) is 0.528. The fourth-order valence-corrected chi connectivity index (χ4v) is 1.62. The molecule has 62 valence electrons. The zero-order chi connectivity index (χ0) is 8.48. The molecule has 0 spiro atoms. The molecule has 0 bridgehead atoms. The Morgan fingerprint density at radius 3 is 2.64 bits per heavy atom. The molecule has 0 aromatic carbocycles. The van der Waals surface area contributed by atoms with E-state index < -0.39 is 0 Å². The van der Waals surface area contributed by atoms with E-state index in [1.807, 2.05) is 0 Å². The maximum Gasteiger partial charge on any atom is 0.136 e. The number of allylic oxidation sites excluding steroid dienone is 2. The van der Waals surface area contributed by atoms with E-state index in [1.165, 1.54) is 0 Å². The highest BCUT2D eigenvalue weighted by Crippen LogP contribution is 2.37. The number of hydrogen-bond acceptors (Lipinski definition) is 1. The summed E-state index contributed by atoms with van der Waals surface area (Å²) in [6.45, 7) is 5.90. The molecule has 0 aliphatic heterocycles. The van der Waals surface area contributed by atoms with Gasteiger partial charge < -0.3 is 0 Å². The third-order valence-corrected chi connectivity index (χ3v) is 3.06. The summed E-state index contributed by atoms with van der Waals surface area (Å²) < 4.78 is 0. The van der Waals surface area contributed by atoms with Crippen LogP contribution in [0.3, 0.4) is 0 Å². The lowest BCUT2D eigenvalue weighted by atomic mass is 9.69. The minimum atomic E-state index is -0.0885. The van der Waals surface area contributed by atoms with Crippen LogP contribution in [0.1, 0.15) is 33.6 Å². The molecule has 1 aliphatic rings. The van der Waals surface area contributed by atoms with Gasteiger partial charge in [-0.05, 0) is 25.7 Å². The number of hydrogen-bond donors (Lipinski definition) is 0. The zero-order valence-corrected chi connectivity index (χ0v) is 7.55. The van der Waals surface area contributed by atoms with Crippen molar-refractivity contribution in [1.29, 1.82) is 0 Å². The molecule has 0 fully saturated rings. The number of ketones is 1. The van der Waals surface area contributed by atoms with Crippen LogP contribution in [0.15, 0.2) is 12.2 Å². The van der Waals surface area contributed by atoms with E-state index in [1.54, 1.807) is 6.92 Å². The van der Waals surface area contributed by atoms with Crippen molar-refractivity contribution in [2.75, 3.05) is 0 Å². The average molecular weight is 152 g/mol. The molecule has 0 heterocycles. The minimum Gasteiger partial charge on any atom is -0.299 e. The van der Waals surface area contributed by atoms with Gasteiger partial charge in [-0.3, -0.25) is 4.79 Å². The van der Waals surface area contributed by atoms with Crippen molar-refractivity contribution in [3.05, 3.63) is 12.2 Å². The first-order valence-corrected chi connectivity index (χ1v) is 4.25. The molecule has 1 aliphatic carbocycles. The Morgan fingerprint density at radius 1 is 1.64 bits per heavy atom. The third-order valence-electron chi connectivity index (χ3n) is 3.06. The molecule has 1 heteroatoms. The highest BCUT2D eigenvalue weighted by atomic mass is 16.1. The van der Waals surface area contributed by atoms with E-state index in [2.05, 4.69) is 26.0 Å². The van der Waals surface area contributed by atoms with Crippen molar-refractivity contribution in [2.24, 2.45) is 11.3 Å². The Morgan fingerprint density at radius 2 is 2.27 bits per heavy atom. The predicted octanol–water partition coefficient (Wildman–Crippen LogP) is 2.57. The Balaban J connectivity index is 2.85. The van der Waals surface area contributed by atoms with Gasteiger partial charge >= 0.3 is 0 Å². The summed E-state index contributed by atoms with van der Waals surface area (Å²) in [4.78, 5) is 11.3. The summed E-state index contributed by atoms with van der Waals surface area (Å²) in [5.74, 6) is 0.739. The van der Waals surface area contributed by atoms with E-state index in [0.29, 0.717) is 11.7 Å².